The molecule has 0 spiro atoms. The molecule has 0 atom stereocenters. The quantitative estimate of drug-likeness (QED) is 0.433. The van der Waals surface area contributed by atoms with E-state index in [1.165, 1.54) is 11.8 Å². The first-order chi connectivity index (χ1) is 14.2. The molecular formula is C22H15NO4S2. The second kappa shape index (κ2) is 7.42. The predicted molar refractivity (Wildman–Crippen MR) is 115 cm³/mol. The summed E-state index contributed by atoms with van der Waals surface area (Å²) >= 11 is 6.71. The number of carbonyl (C=O) groups is 1. The molecule has 0 radical (unpaired) electrons. The first kappa shape index (κ1) is 18.0. The number of nitrogens with zero attached hydrogens (tertiary/aromatic N) is 1. The Bertz CT molecular complexity index is 1140. The van der Waals surface area contributed by atoms with Crippen molar-refractivity contribution in [2.24, 2.45) is 0 Å². The molecule has 2 aromatic carbocycles. The molecule has 0 aliphatic carbocycles. The molecule has 1 aromatic heterocycles. The second-order valence-electron chi connectivity index (χ2n) is 6.52. The maximum atomic E-state index is 12.9. The third-order valence-corrected chi connectivity index (χ3v) is 5.99. The molecule has 29 heavy (non-hydrogen) atoms. The van der Waals surface area contributed by atoms with E-state index in [4.69, 9.17) is 26.1 Å². The van der Waals surface area contributed by atoms with Gasteiger partial charge in [-0.05, 0) is 29.8 Å². The van der Waals surface area contributed by atoms with E-state index in [0.717, 1.165) is 16.9 Å². The zero-order valence-corrected chi connectivity index (χ0v) is 16.8. The number of amides is 1. The van der Waals surface area contributed by atoms with E-state index >= 15 is 0 Å². The maximum absolute atomic E-state index is 12.9. The van der Waals surface area contributed by atoms with Crippen LogP contribution >= 0.6 is 24.0 Å². The van der Waals surface area contributed by atoms with Crippen LogP contribution in [-0.2, 0) is 11.3 Å². The van der Waals surface area contributed by atoms with Crippen LogP contribution in [0.3, 0.4) is 0 Å². The Morgan fingerprint density at radius 2 is 1.86 bits per heavy atom. The van der Waals surface area contributed by atoms with Crippen molar-refractivity contribution in [1.29, 1.82) is 0 Å². The molecule has 2 aliphatic heterocycles. The highest BCUT2D eigenvalue weighted by molar-refractivity contribution is 8.26. The lowest BCUT2D eigenvalue weighted by atomic mass is 10.2. The standard InChI is InChI=1S/C22H15NO4S2/c24-21-20(11-16-7-9-17(27-16)15-4-2-1-3-5-15)29-22(28)23(21)12-14-6-8-18-19(10-14)26-13-25-18/h1-11H,12-13H2. The van der Waals surface area contributed by atoms with E-state index < -0.39 is 0 Å². The van der Waals surface area contributed by atoms with E-state index in [-0.39, 0.29) is 12.7 Å². The highest BCUT2D eigenvalue weighted by Crippen LogP contribution is 2.37. The highest BCUT2D eigenvalue weighted by Gasteiger charge is 2.32. The molecule has 5 nitrogen and oxygen atoms in total. The Morgan fingerprint density at radius 3 is 2.72 bits per heavy atom. The summed E-state index contributed by atoms with van der Waals surface area (Å²) in [6.45, 7) is 0.600. The average Bonchev–Trinajstić information content (AvgIpc) is 3.45. The second-order valence-corrected chi connectivity index (χ2v) is 8.20. The number of rotatable bonds is 4. The minimum absolute atomic E-state index is 0.129. The molecule has 5 rings (SSSR count). The van der Waals surface area contributed by atoms with Crippen molar-refractivity contribution in [1.82, 2.24) is 4.90 Å². The van der Waals surface area contributed by atoms with Gasteiger partial charge in [-0.15, -0.1) is 0 Å². The van der Waals surface area contributed by atoms with Crippen molar-refractivity contribution in [2.45, 2.75) is 6.54 Å². The first-order valence-corrected chi connectivity index (χ1v) is 10.2. The van der Waals surface area contributed by atoms with Gasteiger partial charge < -0.3 is 13.9 Å². The Labute approximate surface area is 176 Å². The van der Waals surface area contributed by atoms with E-state index in [1.807, 2.05) is 60.7 Å². The van der Waals surface area contributed by atoms with Crippen LogP contribution in [0, 0.1) is 0 Å². The van der Waals surface area contributed by atoms with Crippen molar-refractivity contribution in [3.8, 4) is 22.8 Å². The SMILES string of the molecule is O=C1C(=Cc2ccc(-c3ccccc3)o2)SC(=S)N1Cc1ccc2c(c1)OCO2. The number of furan rings is 1. The molecule has 1 saturated heterocycles. The summed E-state index contributed by atoms with van der Waals surface area (Å²) in [6.07, 6.45) is 1.74. The van der Waals surface area contributed by atoms with Gasteiger partial charge in [0.25, 0.3) is 5.91 Å². The van der Waals surface area contributed by atoms with Gasteiger partial charge in [0.1, 0.15) is 15.8 Å². The van der Waals surface area contributed by atoms with Crippen molar-refractivity contribution < 1.29 is 18.7 Å². The van der Waals surface area contributed by atoms with Gasteiger partial charge in [0.15, 0.2) is 11.5 Å². The Morgan fingerprint density at radius 1 is 1.03 bits per heavy atom. The predicted octanol–water partition coefficient (Wildman–Crippen LogP) is 5.08. The van der Waals surface area contributed by atoms with Crippen molar-refractivity contribution in [2.75, 3.05) is 6.79 Å². The van der Waals surface area contributed by atoms with Crippen LogP contribution in [0.4, 0.5) is 0 Å². The minimum Gasteiger partial charge on any atom is -0.457 e. The summed E-state index contributed by atoms with van der Waals surface area (Å²) in [6, 6.07) is 19.2. The van der Waals surface area contributed by atoms with Crippen molar-refractivity contribution >= 4 is 40.3 Å². The minimum atomic E-state index is -0.129. The average molecular weight is 421 g/mol. The molecule has 0 unspecified atom stereocenters. The van der Waals surface area contributed by atoms with Gasteiger partial charge in [0.2, 0.25) is 6.79 Å². The lowest BCUT2D eigenvalue weighted by Crippen LogP contribution is -2.27. The summed E-state index contributed by atoms with van der Waals surface area (Å²) in [5.74, 6) is 2.65. The molecule has 1 amide bonds. The number of hydrogen-bond acceptors (Lipinski definition) is 6. The number of carbonyl (C=O) groups excluding carboxylic acids is 1. The van der Waals surface area contributed by atoms with Crippen LogP contribution in [0.1, 0.15) is 11.3 Å². The van der Waals surface area contributed by atoms with Crippen molar-refractivity contribution in [3.63, 3.8) is 0 Å². The summed E-state index contributed by atoms with van der Waals surface area (Å²) in [5, 5.41) is 0. The largest absolute Gasteiger partial charge is 0.457 e. The number of thiocarbonyl (C=S) groups is 1. The van der Waals surface area contributed by atoms with Crippen LogP contribution in [0.25, 0.3) is 17.4 Å². The highest BCUT2D eigenvalue weighted by atomic mass is 32.2. The lowest BCUT2D eigenvalue weighted by Gasteiger charge is -2.14. The zero-order valence-electron chi connectivity index (χ0n) is 15.2. The van der Waals surface area contributed by atoms with E-state index in [9.17, 15) is 4.79 Å². The zero-order chi connectivity index (χ0) is 19.8. The third kappa shape index (κ3) is 3.54. The number of hydrogen-bond donors (Lipinski definition) is 0. The fourth-order valence-corrected chi connectivity index (χ4v) is 4.41. The smallest absolute Gasteiger partial charge is 0.266 e. The fraction of sp³-hybridized carbons (Fsp3) is 0.0909. The van der Waals surface area contributed by atoms with Crippen LogP contribution in [-0.4, -0.2) is 21.9 Å². The van der Waals surface area contributed by atoms with Gasteiger partial charge in [0.05, 0.1) is 11.4 Å². The topological polar surface area (TPSA) is 51.9 Å². The summed E-state index contributed by atoms with van der Waals surface area (Å²) in [5.41, 5.74) is 1.92. The molecule has 1 fully saturated rings. The summed E-state index contributed by atoms with van der Waals surface area (Å²) < 4.78 is 17.1. The van der Waals surface area contributed by atoms with Gasteiger partial charge in [-0.3, -0.25) is 9.69 Å². The molecular weight excluding hydrogens is 406 g/mol. The monoisotopic (exact) mass is 421 g/mol. The normalized spacial score (nSPS) is 16.8. The summed E-state index contributed by atoms with van der Waals surface area (Å²) in [4.78, 5) is 15.0. The van der Waals surface area contributed by atoms with Gasteiger partial charge in [-0.1, -0.05) is 60.4 Å². The Balaban J connectivity index is 1.34. The van der Waals surface area contributed by atoms with E-state index in [0.29, 0.717) is 33.0 Å². The van der Waals surface area contributed by atoms with Gasteiger partial charge >= 0.3 is 0 Å². The molecule has 3 aromatic rings. The van der Waals surface area contributed by atoms with Crippen LogP contribution in [0.15, 0.2) is 70.0 Å². The van der Waals surface area contributed by atoms with E-state index in [1.54, 1.807) is 11.0 Å². The Hall–Kier alpha value is -3.03. The van der Waals surface area contributed by atoms with E-state index in [2.05, 4.69) is 0 Å². The molecule has 2 aliphatic rings. The number of fused-ring (bicyclic) bond motifs is 1. The molecule has 0 saturated carbocycles. The van der Waals surface area contributed by atoms with Gasteiger partial charge in [-0.25, -0.2) is 0 Å². The number of ether oxygens (including phenoxy) is 2. The summed E-state index contributed by atoms with van der Waals surface area (Å²) in [7, 11) is 0. The molecule has 3 heterocycles. The maximum Gasteiger partial charge on any atom is 0.266 e. The third-order valence-electron chi connectivity index (χ3n) is 4.61. The molecule has 144 valence electrons. The number of thioether (sulfide) groups is 1. The molecule has 7 heteroatoms. The Kier molecular flexibility index (Phi) is 4.61. The van der Waals surface area contributed by atoms with Gasteiger partial charge in [0, 0.05) is 11.6 Å². The van der Waals surface area contributed by atoms with Crippen molar-refractivity contribution in [3.05, 3.63) is 76.9 Å². The van der Waals surface area contributed by atoms with Gasteiger partial charge in [-0.2, -0.15) is 0 Å². The van der Waals surface area contributed by atoms with Crippen LogP contribution in [0.2, 0.25) is 0 Å². The number of benzene rings is 2. The van der Waals surface area contributed by atoms with Crippen LogP contribution < -0.4 is 9.47 Å². The molecule has 0 N–H and O–H groups in total. The molecule has 0 bridgehead atoms. The first-order valence-electron chi connectivity index (χ1n) is 8.96. The lowest BCUT2D eigenvalue weighted by molar-refractivity contribution is -0.122. The van der Waals surface area contributed by atoms with Crippen LogP contribution in [0.5, 0.6) is 11.5 Å². The fourth-order valence-electron chi connectivity index (χ4n) is 3.18.